The van der Waals surface area contributed by atoms with Gasteiger partial charge in [-0.15, -0.1) is 0 Å². The van der Waals surface area contributed by atoms with Crippen molar-refractivity contribution in [3.8, 4) is 0 Å². The molecular formula is C9H17NO2S. The van der Waals surface area contributed by atoms with Gasteiger partial charge in [-0.2, -0.15) is 0 Å². The Bertz CT molecular complexity index is 293. The normalized spacial score (nSPS) is 24.2. The molecule has 0 aromatic rings. The maximum atomic E-state index is 11.5. The number of hydrogen-bond donors (Lipinski definition) is 1. The molecule has 1 atom stereocenters. The highest BCUT2D eigenvalue weighted by Gasteiger charge is 2.20. The van der Waals surface area contributed by atoms with E-state index >= 15 is 0 Å². The summed E-state index contributed by atoms with van der Waals surface area (Å²) in [6, 6.07) is 0. The molecule has 4 heteroatoms. The van der Waals surface area contributed by atoms with Crippen molar-refractivity contribution in [3.05, 3.63) is 11.0 Å². The van der Waals surface area contributed by atoms with Gasteiger partial charge in [-0.1, -0.05) is 19.9 Å². The monoisotopic (exact) mass is 203 g/mol. The first-order valence-corrected chi connectivity index (χ1v) is 6.23. The van der Waals surface area contributed by atoms with Crippen molar-refractivity contribution in [1.82, 2.24) is 4.72 Å². The fourth-order valence-corrected chi connectivity index (χ4v) is 2.74. The first-order chi connectivity index (χ1) is 6.06. The molecule has 0 heterocycles. The van der Waals surface area contributed by atoms with Gasteiger partial charge in [0.1, 0.15) is 0 Å². The summed E-state index contributed by atoms with van der Waals surface area (Å²) >= 11 is 0. The number of nitrogens with one attached hydrogen (secondary N) is 1. The third-order valence-electron chi connectivity index (χ3n) is 2.31. The number of hydrogen-bond acceptors (Lipinski definition) is 2. The van der Waals surface area contributed by atoms with Crippen molar-refractivity contribution >= 4 is 10.0 Å². The standard InChI is InChI=1S/C9H17NO2S/c1-3-10-13(11,12)9-6-4-8(2)5-7-9/h6,8,10H,3-5,7H2,1-2H3. The van der Waals surface area contributed by atoms with Crippen molar-refractivity contribution in [2.24, 2.45) is 5.92 Å². The van der Waals surface area contributed by atoms with Gasteiger partial charge in [0.05, 0.1) is 4.91 Å². The Labute approximate surface area is 80.3 Å². The number of sulfonamides is 1. The fourth-order valence-electron chi connectivity index (χ4n) is 1.47. The summed E-state index contributed by atoms with van der Waals surface area (Å²) in [7, 11) is -3.15. The highest BCUT2D eigenvalue weighted by molar-refractivity contribution is 7.93. The average molecular weight is 203 g/mol. The molecule has 0 fully saturated rings. The second kappa shape index (κ2) is 4.24. The predicted molar refractivity (Wildman–Crippen MR) is 53.7 cm³/mol. The van der Waals surface area contributed by atoms with Crippen LogP contribution in [0.2, 0.25) is 0 Å². The average Bonchev–Trinajstić information content (AvgIpc) is 2.05. The van der Waals surface area contributed by atoms with Crippen LogP contribution >= 0.6 is 0 Å². The number of rotatable bonds is 3. The van der Waals surface area contributed by atoms with Gasteiger partial charge >= 0.3 is 0 Å². The molecule has 13 heavy (non-hydrogen) atoms. The zero-order valence-corrected chi connectivity index (χ0v) is 9.02. The minimum atomic E-state index is -3.15. The van der Waals surface area contributed by atoms with E-state index in [4.69, 9.17) is 0 Å². The van der Waals surface area contributed by atoms with Crippen LogP contribution in [0.1, 0.15) is 33.1 Å². The second-order valence-electron chi connectivity index (χ2n) is 3.55. The highest BCUT2D eigenvalue weighted by Crippen LogP contribution is 2.25. The van der Waals surface area contributed by atoms with Gasteiger partial charge in [0.2, 0.25) is 10.0 Å². The van der Waals surface area contributed by atoms with Crippen molar-refractivity contribution in [1.29, 1.82) is 0 Å². The number of allylic oxidation sites excluding steroid dienone is 2. The maximum absolute atomic E-state index is 11.5. The van der Waals surface area contributed by atoms with E-state index in [9.17, 15) is 8.42 Å². The predicted octanol–water partition coefficient (Wildman–Crippen LogP) is 1.63. The third-order valence-corrected chi connectivity index (χ3v) is 4.04. The second-order valence-corrected chi connectivity index (χ2v) is 5.37. The van der Waals surface area contributed by atoms with Crippen molar-refractivity contribution in [2.45, 2.75) is 33.1 Å². The van der Waals surface area contributed by atoms with Crippen LogP contribution < -0.4 is 4.72 Å². The molecule has 3 nitrogen and oxygen atoms in total. The lowest BCUT2D eigenvalue weighted by Crippen LogP contribution is -2.26. The van der Waals surface area contributed by atoms with Gasteiger partial charge < -0.3 is 0 Å². The summed E-state index contributed by atoms with van der Waals surface area (Å²) in [6.45, 7) is 4.41. The summed E-state index contributed by atoms with van der Waals surface area (Å²) in [5, 5.41) is 0. The molecular weight excluding hydrogens is 186 g/mol. The first-order valence-electron chi connectivity index (χ1n) is 4.75. The van der Waals surface area contributed by atoms with Crippen LogP contribution in [-0.2, 0) is 10.0 Å². The first kappa shape index (κ1) is 10.7. The highest BCUT2D eigenvalue weighted by atomic mass is 32.2. The quantitative estimate of drug-likeness (QED) is 0.757. The molecule has 1 N–H and O–H groups in total. The molecule has 1 unspecified atom stereocenters. The lowest BCUT2D eigenvalue weighted by Gasteiger charge is -2.18. The Morgan fingerprint density at radius 1 is 1.62 bits per heavy atom. The summed E-state index contributed by atoms with van der Waals surface area (Å²) in [5.41, 5.74) is 0. The minimum absolute atomic E-state index is 0.467. The molecule has 0 amide bonds. The van der Waals surface area contributed by atoms with E-state index < -0.39 is 10.0 Å². The third kappa shape index (κ3) is 2.81. The van der Waals surface area contributed by atoms with E-state index in [1.54, 1.807) is 6.92 Å². The lowest BCUT2D eigenvalue weighted by atomic mass is 9.96. The largest absolute Gasteiger partial charge is 0.236 e. The van der Waals surface area contributed by atoms with Crippen molar-refractivity contribution in [3.63, 3.8) is 0 Å². The van der Waals surface area contributed by atoms with Crippen LogP contribution in [0.15, 0.2) is 11.0 Å². The van der Waals surface area contributed by atoms with Crippen LogP contribution in [0.5, 0.6) is 0 Å². The van der Waals surface area contributed by atoms with E-state index in [-0.39, 0.29) is 0 Å². The van der Waals surface area contributed by atoms with E-state index in [2.05, 4.69) is 11.6 Å². The Hall–Kier alpha value is -0.350. The van der Waals surface area contributed by atoms with E-state index in [0.29, 0.717) is 23.8 Å². The molecule has 0 aromatic heterocycles. The molecule has 0 radical (unpaired) electrons. The Morgan fingerprint density at radius 2 is 2.31 bits per heavy atom. The van der Waals surface area contributed by atoms with Crippen LogP contribution in [0.4, 0.5) is 0 Å². The Morgan fingerprint density at radius 3 is 2.77 bits per heavy atom. The Kier molecular flexibility index (Phi) is 3.50. The van der Waals surface area contributed by atoms with Gasteiger partial charge in [0.15, 0.2) is 0 Å². The minimum Gasteiger partial charge on any atom is -0.212 e. The molecule has 1 rings (SSSR count). The van der Waals surface area contributed by atoms with Gasteiger partial charge in [-0.25, -0.2) is 13.1 Å². The van der Waals surface area contributed by atoms with Crippen molar-refractivity contribution in [2.75, 3.05) is 6.54 Å². The molecule has 0 bridgehead atoms. The van der Waals surface area contributed by atoms with Crippen LogP contribution in [0.25, 0.3) is 0 Å². The molecule has 0 saturated carbocycles. The fraction of sp³-hybridized carbons (Fsp3) is 0.778. The molecule has 0 aromatic carbocycles. The van der Waals surface area contributed by atoms with E-state index in [1.807, 2.05) is 6.08 Å². The Balaban J connectivity index is 2.73. The summed E-state index contributed by atoms with van der Waals surface area (Å²) in [4.78, 5) is 0.576. The topological polar surface area (TPSA) is 46.2 Å². The van der Waals surface area contributed by atoms with E-state index in [0.717, 1.165) is 12.8 Å². The molecule has 76 valence electrons. The summed E-state index contributed by atoms with van der Waals surface area (Å²) in [5.74, 6) is 0.626. The van der Waals surface area contributed by atoms with E-state index in [1.165, 1.54) is 0 Å². The van der Waals surface area contributed by atoms with Crippen molar-refractivity contribution < 1.29 is 8.42 Å². The smallest absolute Gasteiger partial charge is 0.212 e. The van der Waals surface area contributed by atoms with Crippen LogP contribution in [0.3, 0.4) is 0 Å². The molecule has 0 saturated heterocycles. The van der Waals surface area contributed by atoms with Gasteiger partial charge in [-0.3, -0.25) is 0 Å². The lowest BCUT2D eigenvalue weighted by molar-refractivity contribution is 0.515. The van der Waals surface area contributed by atoms with Gasteiger partial charge in [-0.05, 0) is 25.2 Å². The maximum Gasteiger partial charge on any atom is 0.236 e. The zero-order chi connectivity index (χ0) is 9.90. The summed E-state index contributed by atoms with van der Waals surface area (Å²) < 4.78 is 25.5. The molecule has 0 aliphatic heterocycles. The molecule has 0 spiro atoms. The zero-order valence-electron chi connectivity index (χ0n) is 8.21. The van der Waals surface area contributed by atoms with Crippen LogP contribution in [-0.4, -0.2) is 15.0 Å². The molecule has 1 aliphatic rings. The van der Waals surface area contributed by atoms with Gasteiger partial charge in [0.25, 0.3) is 0 Å². The summed E-state index contributed by atoms with van der Waals surface area (Å²) in [6.07, 6.45) is 4.42. The SMILES string of the molecule is CCNS(=O)(=O)C1=CCC(C)CC1. The van der Waals surface area contributed by atoms with Crippen LogP contribution in [0, 0.1) is 5.92 Å². The molecule has 1 aliphatic carbocycles. The van der Waals surface area contributed by atoms with Gasteiger partial charge in [0, 0.05) is 6.54 Å².